The number of fused-ring (bicyclic) bond motifs is 1. The average Bonchev–Trinajstić information content (AvgIpc) is 2.47. The van der Waals surface area contributed by atoms with Gasteiger partial charge in [0.15, 0.2) is 0 Å². The number of rotatable bonds is 7. The summed E-state index contributed by atoms with van der Waals surface area (Å²) in [7, 11) is 0. The van der Waals surface area contributed by atoms with E-state index in [0.29, 0.717) is 5.52 Å². The molecule has 0 radical (unpaired) electrons. The molecule has 0 saturated carbocycles. The van der Waals surface area contributed by atoms with Crippen molar-refractivity contribution in [3.8, 4) is 0 Å². The third-order valence-corrected chi connectivity index (χ3v) is 3.57. The number of hydrogen-bond acceptors (Lipinski definition) is 3. The van der Waals surface area contributed by atoms with Gasteiger partial charge in [0.25, 0.3) is 0 Å². The normalized spacial score (nSPS) is 11.2. The van der Waals surface area contributed by atoms with Crippen LogP contribution < -0.4 is 5.32 Å². The fourth-order valence-electron chi connectivity index (χ4n) is 2.34. The third kappa shape index (κ3) is 3.67. The lowest BCUT2D eigenvalue weighted by molar-refractivity contribution is 0.303. The molecule has 2 rings (SSSR count). The maximum atomic E-state index is 13.2. The van der Waals surface area contributed by atoms with Crippen molar-refractivity contribution < 1.29 is 4.39 Å². The first-order valence-corrected chi connectivity index (χ1v) is 7.25. The molecule has 0 aliphatic carbocycles. The highest BCUT2D eigenvalue weighted by Crippen LogP contribution is 2.21. The van der Waals surface area contributed by atoms with Crippen LogP contribution in [0.2, 0.25) is 0 Å². The van der Waals surface area contributed by atoms with E-state index in [1.54, 1.807) is 12.3 Å². The lowest BCUT2D eigenvalue weighted by Gasteiger charge is -2.18. The van der Waals surface area contributed by atoms with Crippen LogP contribution in [0.5, 0.6) is 0 Å². The summed E-state index contributed by atoms with van der Waals surface area (Å²) in [6.45, 7) is 8.55. The Morgan fingerprint density at radius 3 is 2.75 bits per heavy atom. The molecule has 2 aromatic rings. The highest BCUT2D eigenvalue weighted by atomic mass is 19.1. The van der Waals surface area contributed by atoms with Gasteiger partial charge in [-0.1, -0.05) is 13.8 Å². The Morgan fingerprint density at radius 1 is 1.20 bits per heavy atom. The topological polar surface area (TPSA) is 28.2 Å². The van der Waals surface area contributed by atoms with E-state index in [2.05, 4.69) is 29.0 Å². The molecule has 1 heterocycles. The molecule has 0 atom stereocenters. The second kappa shape index (κ2) is 7.20. The lowest BCUT2D eigenvalue weighted by atomic mass is 10.2. The predicted molar refractivity (Wildman–Crippen MR) is 82.6 cm³/mol. The molecule has 0 saturated heterocycles. The lowest BCUT2D eigenvalue weighted by Crippen LogP contribution is -2.25. The van der Waals surface area contributed by atoms with Crippen molar-refractivity contribution in [1.29, 1.82) is 0 Å². The summed E-state index contributed by atoms with van der Waals surface area (Å²) in [6, 6.07) is 6.67. The largest absolute Gasteiger partial charge is 0.384 e. The standard InChI is InChI=1S/C16H22FN3/c1-3-20(4-2)11-5-9-18-15-8-10-19-16-12-13(17)6-7-14(15)16/h6-8,10,12H,3-5,9,11H2,1-2H3,(H,18,19). The second-order valence-corrected chi connectivity index (χ2v) is 4.83. The van der Waals surface area contributed by atoms with Crippen LogP contribution in [0, 0.1) is 5.82 Å². The van der Waals surface area contributed by atoms with Gasteiger partial charge in [-0.25, -0.2) is 4.39 Å². The van der Waals surface area contributed by atoms with E-state index in [1.165, 1.54) is 12.1 Å². The molecule has 1 aromatic carbocycles. The number of nitrogens with one attached hydrogen (secondary N) is 1. The molecule has 0 bridgehead atoms. The first-order chi connectivity index (χ1) is 9.74. The molecule has 4 heteroatoms. The Labute approximate surface area is 119 Å². The number of pyridine rings is 1. The summed E-state index contributed by atoms with van der Waals surface area (Å²) in [6.07, 6.45) is 2.81. The summed E-state index contributed by atoms with van der Waals surface area (Å²) in [4.78, 5) is 6.60. The van der Waals surface area contributed by atoms with Crippen molar-refractivity contribution in [2.45, 2.75) is 20.3 Å². The zero-order valence-electron chi connectivity index (χ0n) is 12.2. The van der Waals surface area contributed by atoms with Crippen molar-refractivity contribution in [2.24, 2.45) is 0 Å². The van der Waals surface area contributed by atoms with Gasteiger partial charge < -0.3 is 10.2 Å². The maximum absolute atomic E-state index is 13.2. The van der Waals surface area contributed by atoms with Crippen LogP contribution in [0.1, 0.15) is 20.3 Å². The summed E-state index contributed by atoms with van der Waals surface area (Å²) < 4.78 is 13.2. The highest BCUT2D eigenvalue weighted by molar-refractivity contribution is 5.90. The van der Waals surface area contributed by atoms with E-state index in [1.807, 2.05) is 6.07 Å². The van der Waals surface area contributed by atoms with Crippen LogP contribution in [0.15, 0.2) is 30.5 Å². The van der Waals surface area contributed by atoms with Gasteiger partial charge in [-0.05, 0) is 44.3 Å². The quantitative estimate of drug-likeness (QED) is 0.784. The first kappa shape index (κ1) is 14.7. The van der Waals surface area contributed by atoms with E-state index >= 15 is 0 Å². The van der Waals surface area contributed by atoms with Gasteiger partial charge in [-0.3, -0.25) is 4.98 Å². The number of aromatic nitrogens is 1. The number of benzene rings is 1. The Morgan fingerprint density at radius 2 is 2.00 bits per heavy atom. The molecule has 108 valence electrons. The molecular formula is C16H22FN3. The van der Waals surface area contributed by atoms with Gasteiger partial charge in [0, 0.05) is 29.9 Å². The average molecular weight is 275 g/mol. The summed E-state index contributed by atoms with van der Waals surface area (Å²) in [5.74, 6) is -0.247. The summed E-state index contributed by atoms with van der Waals surface area (Å²) in [5, 5.41) is 4.39. The molecule has 1 aromatic heterocycles. The van der Waals surface area contributed by atoms with E-state index < -0.39 is 0 Å². The number of hydrogen-bond donors (Lipinski definition) is 1. The van der Waals surface area contributed by atoms with E-state index in [4.69, 9.17) is 0 Å². The molecule has 0 amide bonds. The fourth-order valence-corrected chi connectivity index (χ4v) is 2.34. The zero-order valence-corrected chi connectivity index (χ0v) is 12.2. The van der Waals surface area contributed by atoms with Gasteiger partial charge in [-0.2, -0.15) is 0 Å². The Bertz CT molecular complexity index is 552. The van der Waals surface area contributed by atoms with Gasteiger partial charge in [0.05, 0.1) is 5.52 Å². The number of anilines is 1. The van der Waals surface area contributed by atoms with Crippen molar-refractivity contribution >= 4 is 16.6 Å². The molecular weight excluding hydrogens is 253 g/mol. The minimum atomic E-state index is -0.247. The zero-order chi connectivity index (χ0) is 14.4. The van der Waals surface area contributed by atoms with Crippen LogP contribution in [0.25, 0.3) is 10.9 Å². The van der Waals surface area contributed by atoms with Crippen molar-refractivity contribution in [3.05, 3.63) is 36.3 Å². The van der Waals surface area contributed by atoms with Gasteiger partial charge in [0.2, 0.25) is 0 Å². The van der Waals surface area contributed by atoms with Gasteiger partial charge in [0.1, 0.15) is 5.82 Å². The van der Waals surface area contributed by atoms with Crippen LogP contribution >= 0.6 is 0 Å². The van der Waals surface area contributed by atoms with Crippen LogP contribution in [0.4, 0.5) is 10.1 Å². The molecule has 0 aliphatic heterocycles. The highest BCUT2D eigenvalue weighted by Gasteiger charge is 2.03. The molecule has 20 heavy (non-hydrogen) atoms. The van der Waals surface area contributed by atoms with Gasteiger partial charge in [-0.15, -0.1) is 0 Å². The number of nitrogens with zero attached hydrogens (tertiary/aromatic N) is 2. The maximum Gasteiger partial charge on any atom is 0.125 e. The first-order valence-electron chi connectivity index (χ1n) is 7.25. The minimum absolute atomic E-state index is 0.247. The predicted octanol–water partition coefficient (Wildman–Crippen LogP) is 3.52. The second-order valence-electron chi connectivity index (χ2n) is 4.83. The SMILES string of the molecule is CCN(CC)CCCNc1ccnc2cc(F)ccc12. The van der Waals surface area contributed by atoms with E-state index in [9.17, 15) is 4.39 Å². The number of halogens is 1. The van der Waals surface area contributed by atoms with Crippen molar-refractivity contribution in [1.82, 2.24) is 9.88 Å². The molecule has 1 N–H and O–H groups in total. The van der Waals surface area contributed by atoms with Crippen LogP contribution in [-0.2, 0) is 0 Å². The Kier molecular flexibility index (Phi) is 5.30. The summed E-state index contributed by atoms with van der Waals surface area (Å²) in [5.41, 5.74) is 1.72. The van der Waals surface area contributed by atoms with E-state index in [-0.39, 0.29) is 5.82 Å². The Balaban J connectivity index is 1.96. The van der Waals surface area contributed by atoms with Crippen molar-refractivity contribution in [3.63, 3.8) is 0 Å². The molecule has 0 fully saturated rings. The Hall–Kier alpha value is -1.68. The van der Waals surface area contributed by atoms with E-state index in [0.717, 1.165) is 43.7 Å². The smallest absolute Gasteiger partial charge is 0.125 e. The monoisotopic (exact) mass is 275 g/mol. The molecule has 3 nitrogen and oxygen atoms in total. The van der Waals surface area contributed by atoms with Crippen LogP contribution in [0.3, 0.4) is 0 Å². The van der Waals surface area contributed by atoms with Gasteiger partial charge >= 0.3 is 0 Å². The third-order valence-electron chi connectivity index (χ3n) is 3.57. The fraction of sp³-hybridized carbons (Fsp3) is 0.438. The molecule has 0 spiro atoms. The molecule has 0 aliphatic rings. The molecule has 0 unspecified atom stereocenters. The summed E-state index contributed by atoms with van der Waals surface area (Å²) >= 11 is 0. The van der Waals surface area contributed by atoms with Crippen molar-refractivity contribution in [2.75, 3.05) is 31.5 Å². The minimum Gasteiger partial charge on any atom is -0.384 e. The van der Waals surface area contributed by atoms with Crippen LogP contribution in [-0.4, -0.2) is 36.1 Å².